The number of hydrogen-bond donors (Lipinski definition) is 1. The van der Waals surface area contributed by atoms with E-state index >= 15 is 0 Å². The van der Waals surface area contributed by atoms with Gasteiger partial charge in [0.2, 0.25) is 0 Å². The van der Waals surface area contributed by atoms with Gasteiger partial charge in [-0.15, -0.1) is 0 Å². The number of carboxylic acids is 1. The molecule has 0 bridgehead atoms. The smallest absolute Gasteiger partial charge is 0.375 e. The Hall–Kier alpha value is -1.65. The van der Waals surface area contributed by atoms with Crippen LogP contribution in [-0.2, 0) is 11.2 Å². The van der Waals surface area contributed by atoms with Crippen LogP contribution in [0, 0.1) is 5.92 Å². The Morgan fingerprint density at radius 3 is 2.81 bits per heavy atom. The molecule has 5 heteroatoms. The number of benzene rings is 1. The predicted octanol–water partition coefficient (Wildman–Crippen LogP) is 1.96. The summed E-state index contributed by atoms with van der Waals surface area (Å²) >= 11 is 0. The lowest BCUT2D eigenvalue weighted by Gasteiger charge is -2.28. The van der Waals surface area contributed by atoms with Gasteiger partial charge in [0.05, 0.1) is 12.5 Å². The first-order chi connectivity index (χ1) is 7.51. The first-order valence-electron chi connectivity index (χ1n) is 4.83. The van der Waals surface area contributed by atoms with Gasteiger partial charge in [0.15, 0.2) is 0 Å². The summed E-state index contributed by atoms with van der Waals surface area (Å²) in [6, 6.07) is 6.81. The van der Waals surface area contributed by atoms with Crippen molar-refractivity contribution in [2.24, 2.45) is 5.92 Å². The maximum atomic E-state index is 13.2. The molecule has 0 radical (unpaired) electrons. The number of carbonyl (C=O) groups is 1. The van der Waals surface area contributed by atoms with E-state index in [0.29, 0.717) is 11.3 Å². The Bertz CT molecular complexity index is 417. The van der Waals surface area contributed by atoms with Crippen molar-refractivity contribution in [1.82, 2.24) is 0 Å². The molecule has 1 aromatic carbocycles. The SMILES string of the molecule is O=C(O)C(F)(F)C1COc2ccccc2C1. The van der Waals surface area contributed by atoms with E-state index in [1.54, 1.807) is 24.3 Å². The van der Waals surface area contributed by atoms with Crippen molar-refractivity contribution in [3.05, 3.63) is 29.8 Å². The molecule has 1 aromatic rings. The Morgan fingerprint density at radius 1 is 1.44 bits per heavy atom. The van der Waals surface area contributed by atoms with Crippen LogP contribution in [0.1, 0.15) is 5.56 Å². The number of para-hydroxylation sites is 1. The predicted molar refractivity (Wildman–Crippen MR) is 51.7 cm³/mol. The minimum atomic E-state index is -3.74. The maximum absolute atomic E-state index is 13.2. The lowest BCUT2D eigenvalue weighted by molar-refractivity contribution is -0.176. The highest BCUT2D eigenvalue weighted by Crippen LogP contribution is 2.35. The van der Waals surface area contributed by atoms with Crippen LogP contribution < -0.4 is 4.74 Å². The molecule has 86 valence electrons. The number of aliphatic carboxylic acids is 1. The second-order valence-corrected chi connectivity index (χ2v) is 3.75. The van der Waals surface area contributed by atoms with Crippen LogP contribution in [-0.4, -0.2) is 23.6 Å². The van der Waals surface area contributed by atoms with Crippen molar-refractivity contribution >= 4 is 5.97 Å². The fourth-order valence-electron chi connectivity index (χ4n) is 1.74. The van der Waals surface area contributed by atoms with Gasteiger partial charge in [-0.05, 0) is 18.1 Å². The molecule has 0 spiro atoms. The molecule has 0 saturated carbocycles. The molecule has 0 fully saturated rings. The third-order valence-corrected chi connectivity index (χ3v) is 2.68. The molecule has 0 aromatic heterocycles. The Balaban J connectivity index is 2.23. The number of halogens is 2. The summed E-state index contributed by atoms with van der Waals surface area (Å²) in [5.41, 5.74) is 0.625. The Labute approximate surface area is 90.7 Å². The monoisotopic (exact) mass is 228 g/mol. The molecule has 1 heterocycles. The lowest BCUT2D eigenvalue weighted by atomic mass is 9.91. The first-order valence-corrected chi connectivity index (χ1v) is 4.83. The largest absolute Gasteiger partial charge is 0.493 e. The molecule has 1 aliphatic rings. The van der Waals surface area contributed by atoms with Crippen molar-refractivity contribution in [3.63, 3.8) is 0 Å². The molecule has 3 nitrogen and oxygen atoms in total. The summed E-state index contributed by atoms with van der Waals surface area (Å²) in [5.74, 6) is -6.59. The molecule has 2 rings (SSSR count). The molecule has 0 amide bonds. The molecule has 1 unspecified atom stereocenters. The van der Waals surface area contributed by atoms with E-state index in [4.69, 9.17) is 9.84 Å². The van der Waals surface area contributed by atoms with E-state index in [2.05, 4.69) is 0 Å². The van der Waals surface area contributed by atoms with Gasteiger partial charge in [0.1, 0.15) is 5.75 Å². The van der Waals surface area contributed by atoms with Crippen LogP contribution in [0.2, 0.25) is 0 Å². The topological polar surface area (TPSA) is 46.5 Å². The Kier molecular flexibility index (Phi) is 2.53. The molecule has 1 N–H and O–H groups in total. The van der Waals surface area contributed by atoms with E-state index in [1.165, 1.54) is 0 Å². The zero-order valence-electron chi connectivity index (χ0n) is 8.32. The van der Waals surface area contributed by atoms with Gasteiger partial charge in [-0.1, -0.05) is 18.2 Å². The number of rotatable bonds is 2. The van der Waals surface area contributed by atoms with Crippen molar-refractivity contribution in [2.75, 3.05) is 6.61 Å². The number of ether oxygens (including phenoxy) is 1. The third kappa shape index (κ3) is 1.73. The van der Waals surface area contributed by atoms with Crippen molar-refractivity contribution < 1.29 is 23.4 Å². The number of fused-ring (bicyclic) bond motifs is 1. The zero-order chi connectivity index (χ0) is 11.8. The van der Waals surface area contributed by atoms with Crippen LogP contribution in [0.4, 0.5) is 8.78 Å². The second-order valence-electron chi connectivity index (χ2n) is 3.75. The molecule has 1 aliphatic heterocycles. The summed E-state index contributed by atoms with van der Waals surface area (Å²) in [6.07, 6.45) is 0.0233. The summed E-state index contributed by atoms with van der Waals surface area (Å²) in [6.45, 7) is -0.268. The molecular weight excluding hydrogens is 218 g/mol. The van der Waals surface area contributed by atoms with Gasteiger partial charge in [-0.2, -0.15) is 8.78 Å². The molecule has 0 aliphatic carbocycles. The normalized spacial score (nSPS) is 19.8. The minimum Gasteiger partial charge on any atom is -0.493 e. The minimum absolute atomic E-state index is 0.0233. The third-order valence-electron chi connectivity index (χ3n) is 2.68. The van der Waals surface area contributed by atoms with Crippen LogP contribution in [0.3, 0.4) is 0 Å². The van der Waals surface area contributed by atoms with Crippen molar-refractivity contribution in [1.29, 1.82) is 0 Å². The highest BCUT2D eigenvalue weighted by atomic mass is 19.3. The summed E-state index contributed by atoms with van der Waals surface area (Å²) < 4.78 is 31.6. The number of alkyl halides is 2. The van der Waals surface area contributed by atoms with Gasteiger partial charge in [-0.25, -0.2) is 4.79 Å². The highest BCUT2D eigenvalue weighted by molar-refractivity contribution is 5.75. The lowest BCUT2D eigenvalue weighted by Crippen LogP contribution is -2.43. The van der Waals surface area contributed by atoms with Gasteiger partial charge >= 0.3 is 11.9 Å². The van der Waals surface area contributed by atoms with E-state index in [-0.39, 0.29) is 13.0 Å². The van der Waals surface area contributed by atoms with Crippen molar-refractivity contribution in [2.45, 2.75) is 12.3 Å². The van der Waals surface area contributed by atoms with Gasteiger partial charge in [0, 0.05) is 0 Å². The van der Waals surface area contributed by atoms with Crippen LogP contribution in [0.25, 0.3) is 0 Å². The van der Waals surface area contributed by atoms with Gasteiger partial charge < -0.3 is 9.84 Å². The zero-order valence-corrected chi connectivity index (χ0v) is 8.32. The second kappa shape index (κ2) is 3.73. The van der Waals surface area contributed by atoms with E-state index in [0.717, 1.165) is 0 Å². The molecule has 0 saturated heterocycles. The van der Waals surface area contributed by atoms with Crippen LogP contribution in [0.15, 0.2) is 24.3 Å². The highest BCUT2D eigenvalue weighted by Gasteiger charge is 2.49. The average molecular weight is 228 g/mol. The number of carboxylic acid groups (broad SMARTS) is 1. The summed E-state index contributed by atoms with van der Waals surface area (Å²) in [7, 11) is 0. The number of hydrogen-bond acceptors (Lipinski definition) is 2. The standard InChI is InChI=1S/C11H10F2O3/c12-11(13,10(14)15)8-5-7-3-1-2-4-9(7)16-6-8/h1-4,8H,5-6H2,(H,14,15). The maximum Gasteiger partial charge on any atom is 0.375 e. The average Bonchev–Trinajstić information content (AvgIpc) is 2.28. The van der Waals surface area contributed by atoms with E-state index < -0.39 is 17.8 Å². The molecule has 1 atom stereocenters. The van der Waals surface area contributed by atoms with Gasteiger partial charge in [0.25, 0.3) is 0 Å². The summed E-state index contributed by atoms with van der Waals surface area (Å²) in [5, 5.41) is 8.44. The van der Waals surface area contributed by atoms with Gasteiger partial charge in [-0.3, -0.25) is 0 Å². The molecular formula is C11H10F2O3. The summed E-state index contributed by atoms with van der Waals surface area (Å²) in [4.78, 5) is 10.4. The first kappa shape index (κ1) is 10.9. The Morgan fingerprint density at radius 2 is 2.12 bits per heavy atom. The van der Waals surface area contributed by atoms with Crippen LogP contribution >= 0.6 is 0 Å². The van der Waals surface area contributed by atoms with Crippen LogP contribution in [0.5, 0.6) is 5.75 Å². The van der Waals surface area contributed by atoms with Crippen molar-refractivity contribution in [3.8, 4) is 5.75 Å². The molecule has 16 heavy (non-hydrogen) atoms. The van der Waals surface area contributed by atoms with E-state index in [9.17, 15) is 13.6 Å². The quantitative estimate of drug-likeness (QED) is 0.841. The fraction of sp³-hybridized carbons (Fsp3) is 0.364. The fourth-order valence-corrected chi connectivity index (χ4v) is 1.74. The van der Waals surface area contributed by atoms with E-state index in [1.807, 2.05) is 0 Å².